The van der Waals surface area contributed by atoms with Crippen molar-refractivity contribution in [2.45, 2.75) is 18.9 Å². The van der Waals surface area contributed by atoms with Crippen LogP contribution in [0.1, 0.15) is 24.4 Å². The molecule has 3 nitrogen and oxygen atoms in total. The molecule has 0 amide bonds. The molecule has 0 aliphatic heterocycles. The second-order valence-electron chi connectivity index (χ2n) is 3.24. The Morgan fingerprint density at radius 2 is 1.87 bits per heavy atom. The maximum absolute atomic E-state index is 10.4. The number of carbonyl (C=O) groups is 1. The summed E-state index contributed by atoms with van der Waals surface area (Å²) >= 11 is 11.6. The van der Waals surface area contributed by atoms with E-state index in [1.165, 1.54) is 0 Å². The molecule has 0 aliphatic rings. The van der Waals surface area contributed by atoms with Crippen LogP contribution < -0.4 is 5.73 Å². The fraction of sp³-hybridized carbons (Fsp3) is 0.300. The molecule has 1 aromatic rings. The predicted octanol–water partition coefficient (Wildman–Crippen LogP) is 2.86. The molecular formula is C10H11Cl2NO2. The molecule has 0 fully saturated rings. The van der Waals surface area contributed by atoms with Crippen molar-refractivity contribution in [1.82, 2.24) is 0 Å². The maximum Gasteiger partial charge on any atom is 0.303 e. The first-order chi connectivity index (χ1) is 6.99. The van der Waals surface area contributed by atoms with Crippen LogP contribution in [-0.4, -0.2) is 11.1 Å². The molecule has 1 rings (SSSR count). The van der Waals surface area contributed by atoms with Gasteiger partial charge in [0.25, 0.3) is 0 Å². The van der Waals surface area contributed by atoms with Crippen LogP contribution in [0, 0.1) is 0 Å². The van der Waals surface area contributed by atoms with Gasteiger partial charge in [0.2, 0.25) is 0 Å². The van der Waals surface area contributed by atoms with E-state index in [1.807, 2.05) is 0 Å². The third-order valence-corrected chi connectivity index (χ3v) is 2.42. The van der Waals surface area contributed by atoms with Crippen LogP contribution in [-0.2, 0) is 4.79 Å². The average molecular weight is 248 g/mol. The van der Waals surface area contributed by atoms with Crippen LogP contribution in [0.4, 0.5) is 0 Å². The van der Waals surface area contributed by atoms with E-state index in [2.05, 4.69) is 0 Å². The normalized spacial score (nSPS) is 12.5. The van der Waals surface area contributed by atoms with Crippen LogP contribution in [0.15, 0.2) is 18.2 Å². The Hall–Kier alpha value is -0.770. The van der Waals surface area contributed by atoms with Crippen LogP contribution in [0.5, 0.6) is 0 Å². The summed E-state index contributed by atoms with van der Waals surface area (Å²) in [7, 11) is 0. The van der Waals surface area contributed by atoms with Crippen LogP contribution in [0.25, 0.3) is 0 Å². The Labute approximate surface area is 97.8 Å². The molecule has 1 unspecified atom stereocenters. The van der Waals surface area contributed by atoms with Gasteiger partial charge in [0, 0.05) is 22.5 Å². The van der Waals surface area contributed by atoms with E-state index >= 15 is 0 Å². The first kappa shape index (κ1) is 12.3. The van der Waals surface area contributed by atoms with Gasteiger partial charge in [-0.15, -0.1) is 0 Å². The van der Waals surface area contributed by atoms with E-state index in [-0.39, 0.29) is 12.5 Å². The molecule has 0 spiro atoms. The summed E-state index contributed by atoms with van der Waals surface area (Å²) in [4.78, 5) is 10.4. The molecule has 15 heavy (non-hydrogen) atoms. The number of halogens is 2. The minimum Gasteiger partial charge on any atom is -0.481 e. The lowest BCUT2D eigenvalue weighted by Gasteiger charge is -2.11. The first-order valence-electron chi connectivity index (χ1n) is 4.42. The van der Waals surface area contributed by atoms with Crippen molar-refractivity contribution >= 4 is 29.2 Å². The van der Waals surface area contributed by atoms with Gasteiger partial charge in [-0.3, -0.25) is 4.79 Å². The summed E-state index contributed by atoms with van der Waals surface area (Å²) in [5, 5.41) is 9.52. The number of aliphatic carboxylic acids is 1. The van der Waals surface area contributed by atoms with Crippen LogP contribution in [0.3, 0.4) is 0 Å². The summed E-state index contributed by atoms with van der Waals surface area (Å²) in [6, 6.07) is 4.65. The fourth-order valence-electron chi connectivity index (χ4n) is 1.23. The van der Waals surface area contributed by atoms with Crippen molar-refractivity contribution in [1.29, 1.82) is 0 Å². The van der Waals surface area contributed by atoms with Gasteiger partial charge in [0.15, 0.2) is 0 Å². The van der Waals surface area contributed by atoms with E-state index < -0.39 is 5.97 Å². The molecule has 0 radical (unpaired) electrons. The number of hydrogen-bond acceptors (Lipinski definition) is 2. The SMILES string of the molecule is NC(CCC(=O)O)c1cc(Cl)cc(Cl)c1. The molecule has 0 aromatic heterocycles. The average Bonchev–Trinajstić information content (AvgIpc) is 2.12. The first-order valence-corrected chi connectivity index (χ1v) is 5.18. The zero-order valence-electron chi connectivity index (χ0n) is 7.91. The standard InChI is InChI=1S/C10H11Cl2NO2/c11-7-3-6(4-8(12)5-7)9(13)1-2-10(14)15/h3-5,9H,1-2,13H2,(H,14,15). The lowest BCUT2D eigenvalue weighted by molar-refractivity contribution is -0.137. The highest BCUT2D eigenvalue weighted by Gasteiger charge is 2.09. The third-order valence-electron chi connectivity index (χ3n) is 1.98. The van der Waals surface area contributed by atoms with E-state index in [1.54, 1.807) is 18.2 Å². The predicted molar refractivity (Wildman–Crippen MR) is 60.3 cm³/mol. The van der Waals surface area contributed by atoms with Gasteiger partial charge >= 0.3 is 5.97 Å². The zero-order valence-corrected chi connectivity index (χ0v) is 9.42. The Bertz CT molecular complexity index is 348. The summed E-state index contributed by atoms with van der Waals surface area (Å²) in [5.74, 6) is -0.862. The summed E-state index contributed by atoms with van der Waals surface area (Å²) < 4.78 is 0. The van der Waals surface area contributed by atoms with Gasteiger partial charge in [0.1, 0.15) is 0 Å². The van der Waals surface area contributed by atoms with Gasteiger partial charge in [-0.25, -0.2) is 0 Å². The zero-order chi connectivity index (χ0) is 11.4. The highest BCUT2D eigenvalue weighted by atomic mass is 35.5. The second kappa shape index (κ2) is 5.35. The Balaban J connectivity index is 2.72. The summed E-state index contributed by atoms with van der Waals surface area (Å²) in [6.07, 6.45) is 0.400. The van der Waals surface area contributed by atoms with E-state index in [0.29, 0.717) is 16.5 Å². The van der Waals surface area contributed by atoms with Crippen molar-refractivity contribution in [2.75, 3.05) is 0 Å². The van der Waals surface area contributed by atoms with Gasteiger partial charge < -0.3 is 10.8 Å². The quantitative estimate of drug-likeness (QED) is 0.861. The second-order valence-corrected chi connectivity index (χ2v) is 4.11. The molecular weight excluding hydrogens is 237 g/mol. The van der Waals surface area contributed by atoms with E-state index in [4.69, 9.17) is 34.0 Å². The van der Waals surface area contributed by atoms with Gasteiger partial charge in [-0.1, -0.05) is 23.2 Å². The lowest BCUT2D eigenvalue weighted by atomic mass is 10.0. The van der Waals surface area contributed by atoms with E-state index in [0.717, 1.165) is 5.56 Å². The number of carboxylic acids is 1. The van der Waals surface area contributed by atoms with Gasteiger partial charge in [-0.05, 0) is 30.2 Å². The molecule has 0 bridgehead atoms. The highest BCUT2D eigenvalue weighted by molar-refractivity contribution is 6.34. The lowest BCUT2D eigenvalue weighted by Crippen LogP contribution is -2.12. The summed E-state index contributed by atoms with van der Waals surface area (Å²) in [6.45, 7) is 0. The number of nitrogens with two attached hydrogens (primary N) is 1. The minimum absolute atomic E-state index is 0.0330. The molecule has 0 saturated carbocycles. The fourth-order valence-corrected chi connectivity index (χ4v) is 1.78. The molecule has 1 aromatic carbocycles. The van der Waals surface area contributed by atoms with Gasteiger partial charge in [0.05, 0.1) is 0 Å². The number of hydrogen-bond donors (Lipinski definition) is 2. The molecule has 0 heterocycles. The molecule has 3 N–H and O–H groups in total. The minimum atomic E-state index is -0.862. The van der Waals surface area contributed by atoms with Crippen molar-refractivity contribution < 1.29 is 9.90 Å². The van der Waals surface area contributed by atoms with Crippen molar-refractivity contribution in [2.24, 2.45) is 5.73 Å². The third kappa shape index (κ3) is 4.08. The highest BCUT2D eigenvalue weighted by Crippen LogP contribution is 2.24. The van der Waals surface area contributed by atoms with Gasteiger partial charge in [-0.2, -0.15) is 0 Å². The van der Waals surface area contributed by atoms with Crippen LogP contribution in [0.2, 0.25) is 10.0 Å². The number of benzene rings is 1. The summed E-state index contributed by atoms with van der Waals surface area (Å²) in [5.41, 5.74) is 6.56. The molecule has 5 heteroatoms. The van der Waals surface area contributed by atoms with Crippen molar-refractivity contribution in [3.05, 3.63) is 33.8 Å². The van der Waals surface area contributed by atoms with Crippen molar-refractivity contribution in [3.8, 4) is 0 Å². The monoisotopic (exact) mass is 247 g/mol. The topological polar surface area (TPSA) is 63.3 Å². The molecule has 82 valence electrons. The van der Waals surface area contributed by atoms with Crippen molar-refractivity contribution in [3.63, 3.8) is 0 Å². The Morgan fingerprint density at radius 3 is 2.33 bits per heavy atom. The Kier molecular flexibility index (Phi) is 4.39. The largest absolute Gasteiger partial charge is 0.481 e. The number of carboxylic acid groups (broad SMARTS) is 1. The van der Waals surface area contributed by atoms with E-state index in [9.17, 15) is 4.79 Å². The molecule has 0 aliphatic carbocycles. The maximum atomic E-state index is 10.4. The molecule has 0 saturated heterocycles. The van der Waals surface area contributed by atoms with Crippen LogP contribution >= 0.6 is 23.2 Å². The smallest absolute Gasteiger partial charge is 0.303 e. The Morgan fingerprint density at radius 1 is 1.33 bits per heavy atom. The number of rotatable bonds is 4. The molecule has 1 atom stereocenters.